The van der Waals surface area contributed by atoms with Crippen LogP contribution in [0, 0.1) is 11.8 Å². The maximum absolute atomic E-state index is 10.6. The van der Waals surface area contributed by atoms with Crippen molar-refractivity contribution in [3.63, 3.8) is 0 Å². The molecule has 2 aliphatic rings. The number of carboxylic acids is 1. The first-order chi connectivity index (χ1) is 17.2. The minimum absolute atomic E-state index is 0.288. The number of aliphatic carboxylic acids is 1. The number of hydrogen-bond acceptors (Lipinski definition) is 5. The number of carboxylic acid groups (broad SMARTS) is 1. The lowest BCUT2D eigenvalue weighted by atomic mass is 9.88. The van der Waals surface area contributed by atoms with E-state index >= 15 is 0 Å². The Morgan fingerprint density at radius 1 is 1.19 bits per heavy atom. The van der Waals surface area contributed by atoms with Crippen LogP contribution in [0.25, 0.3) is 0 Å². The van der Waals surface area contributed by atoms with E-state index in [2.05, 4.69) is 46.9 Å². The van der Waals surface area contributed by atoms with E-state index in [1.807, 2.05) is 18.3 Å². The lowest BCUT2D eigenvalue weighted by molar-refractivity contribution is -0.192. The van der Waals surface area contributed by atoms with Crippen molar-refractivity contribution in [2.45, 2.75) is 44.3 Å². The van der Waals surface area contributed by atoms with Gasteiger partial charge in [0.15, 0.2) is 0 Å². The van der Waals surface area contributed by atoms with Crippen molar-refractivity contribution < 1.29 is 27.8 Å². The quantitative estimate of drug-likeness (QED) is 0.619. The summed E-state index contributed by atoms with van der Waals surface area (Å²) in [5.41, 5.74) is 4.80. The van der Waals surface area contributed by atoms with Gasteiger partial charge in [0.25, 0.3) is 0 Å². The first-order valence-corrected chi connectivity index (χ1v) is 12.0. The number of likely N-dealkylation sites (N-methyl/N-ethyl adjacent to an activating group) is 1. The largest absolute Gasteiger partial charge is 0.497 e. The topological polar surface area (TPSA) is 65.9 Å². The molecule has 1 N–H and O–H groups in total. The van der Waals surface area contributed by atoms with Crippen LogP contribution >= 0.6 is 0 Å². The second kappa shape index (κ2) is 12.7. The first-order valence-electron chi connectivity index (χ1n) is 12.0. The third kappa shape index (κ3) is 7.97. The number of aromatic nitrogens is 1. The molecular formula is C27H32F3N3O3. The van der Waals surface area contributed by atoms with Gasteiger partial charge >= 0.3 is 12.1 Å². The highest BCUT2D eigenvalue weighted by Gasteiger charge is 2.38. The van der Waals surface area contributed by atoms with E-state index in [0.717, 1.165) is 37.4 Å². The lowest BCUT2D eigenvalue weighted by Gasteiger charge is -2.31. The zero-order chi connectivity index (χ0) is 26.1. The van der Waals surface area contributed by atoms with Gasteiger partial charge in [-0.3, -0.25) is 4.98 Å². The molecule has 1 unspecified atom stereocenters. The fourth-order valence-electron chi connectivity index (χ4n) is 4.44. The number of likely N-dealkylation sites (tertiary alicyclic amines) is 1. The predicted octanol–water partition coefficient (Wildman–Crippen LogP) is 4.53. The molecule has 1 fully saturated rings. The fraction of sp³-hybridized carbons (Fsp3) is 0.481. The summed E-state index contributed by atoms with van der Waals surface area (Å²) in [6, 6.07) is 10.6. The van der Waals surface area contributed by atoms with Gasteiger partial charge in [-0.15, -0.1) is 0 Å². The molecule has 4 rings (SSSR count). The Kier molecular flexibility index (Phi) is 9.73. The number of pyridine rings is 1. The Labute approximate surface area is 210 Å². The van der Waals surface area contributed by atoms with Gasteiger partial charge in [0.05, 0.1) is 12.8 Å². The van der Waals surface area contributed by atoms with Crippen LogP contribution in [-0.2, 0) is 11.3 Å². The Morgan fingerprint density at radius 3 is 2.47 bits per heavy atom. The molecule has 0 aliphatic carbocycles. The average molecular weight is 504 g/mol. The number of nitrogens with zero attached hydrogens (tertiary/aromatic N) is 3. The number of ether oxygens (including phenoxy) is 1. The van der Waals surface area contributed by atoms with Gasteiger partial charge in [0, 0.05) is 43.7 Å². The van der Waals surface area contributed by atoms with Gasteiger partial charge in [0.1, 0.15) is 5.75 Å². The zero-order valence-electron chi connectivity index (χ0n) is 20.6. The van der Waals surface area contributed by atoms with E-state index in [1.165, 1.54) is 49.2 Å². The minimum atomic E-state index is -5.08. The molecular weight excluding hydrogens is 471 g/mol. The molecule has 3 heterocycles. The molecule has 1 saturated heterocycles. The van der Waals surface area contributed by atoms with E-state index in [9.17, 15) is 13.2 Å². The molecule has 9 heteroatoms. The molecule has 2 aliphatic heterocycles. The summed E-state index contributed by atoms with van der Waals surface area (Å²) in [6.07, 6.45) is 1.87. The van der Waals surface area contributed by atoms with Crippen molar-refractivity contribution in [3.8, 4) is 17.6 Å². The van der Waals surface area contributed by atoms with Crippen molar-refractivity contribution >= 4 is 5.97 Å². The fourth-order valence-corrected chi connectivity index (χ4v) is 4.44. The van der Waals surface area contributed by atoms with Crippen LogP contribution in [-0.4, -0.2) is 72.4 Å². The molecule has 1 aromatic heterocycles. The summed E-state index contributed by atoms with van der Waals surface area (Å²) >= 11 is 0. The maximum Gasteiger partial charge on any atom is 0.490 e. The van der Waals surface area contributed by atoms with Gasteiger partial charge < -0.3 is 19.6 Å². The van der Waals surface area contributed by atoms with Crippen LogP contribution in [0.3, 0.4) is 0 Å². The smallest absolute Gasteiger partial charge is 0.490 e. The van der Waals surface area contributed by atoms with E-state index < -0.39 is 12.1 Å². The van der Waals surface area contributed by atoms with Gasteiger partial charge in [-0.2, -0.15) is 13.2 Å². The lowest BCUT2D eigenvalue weighted by Crippen LogP contribution is -2.31. The second-order valence-electron chi connectivity index (χ2n) is 9.05. The molecule has 194 valence electrons. The summed E-state index contributed by atoms with van der Waals surface area (Å²) in [6.45, 7) is 5.47. The second-order valence-corrected chi connectivity index (χ2v) is 9.05. The standard InChI is InChI=1S/C25H31N3O.C2HF3O2/c1-27-18-22-16-20(8-4-7-15-28-13-5-3-6-14-28)17-26-25(22)24(19-27)21-9-11-23(29-2)12-10-21;3-2(4,5)1(6)7/h9-12,16-17,24H,3,5-7,13-15,18-19H2,1-2H3;(H,6,7). The normalized spacial score (nSPS) is 18.2. The van der Waals surface area contributed by atoms with Crippen molar-refractivity contribution in [2.24, 2.45) is 0 Å². The molecule has 0 saturated carbocycles. The van der Waals surface area contributed by atoms with Gasteiger partial charge in [-0.05, 0) is 62.3 Å². The first kappa shape index (κ1) is 27.5. The molecule has 6 nitrogen and oxygen atoms in total. The van der Waals surface area contributed by atoms with Crippen molar-refractivity contribution in [1.29, 1.82) is 0 Å². The van der Waals surface area contributed by atoms with Crippen LogP contribution in [0.2, 0.25) is 0 Å². The molecule has 0 bridgehead atoms. The highest BCUT2D eigenvalue weighted by molar-refractivity contribution is 5.73. The van der Waals surface area contributed by atoms with Crippen LogP contribution in [0.15, 0.2) is 36.5 Å². The third-order valence-electron chi connectivity index (χ3n) is 6.26. The Morgan fingerprint density at radius 2 is 1.86 bits per heavy atom. The minimum Gasteiger partial charge on any atom is -0.497 e. The van der Waals surface area contributed by atoms with Crippen molar-refractivity contribution in [2.75, 3.05) is 40.3 Å². The molecule has 0 amide bonds. The van der Waals surface area contributed by atoms with Crippen LogP contribution < -0.4 is 4.74 Å². The Bertz CT molecular complexity index is 1070. The van der Waals surface area contributed by atoms with E-state index in [0.29, 0.717) is 0 Å². The molecule has 36 heavy (non-hydrogen) atoms. The number of halogens is 3. The summed E-state index contributed by atoms with van der Waals surface area (Å²) in [7, 11) is 3.88. The van der Waals surface area contributed by atoms with E-state index in [-0.39, 0.29) is 5.92 Å². The number of alkyl halides is 3. The Balaban J connectivity index is 0.000000454. The number of benzene rings is 1. The molecule has 1 aromatic carbocycles. The molecule has 0 radical (unpaired) electrons. The van der Waals surface area contributed by atoms with Gasteiger partial charge in [-0.25, -0.2) is 4.79 Å². The summed E-state index contributed by atoms with van der Waals surface area (Å²) in [5, 5.41) is 7.12. The third-order valence-corrected chi connectivity index (χ3v) is 6.26. The van der Waals surface area contributed by atoms with E-state index in [4.69, 9.17) is 19.6 Å². The number of hydrogen-bond donors (Lipinski definition) is 1. The highest BCUT2D eigenvalue weighted by atomic mass is 19.4. The van der Waals surface area contributed by atoms with Crippen LogP contribution in [0.1, 0.15) is 54.0 Å². The Hall–Kier alpha value is -3.09. The van der Waals surface area contributed by atoms with Crippen molar-refractivity contribution in [1.82, 2.24) is 14.8 Å². The van der Waals surface area contributed by atoms with Crippen molar-refractivity contribution in [3.05, 3.63) is 58.9 Å². The zero-order valence-corrected chi connectivity index (χ0v) is 20.6. The number of carbonyl (C=O) groups is 1. The monoisotopic (exact) mass is 503 g/mol. The summed E-state index contributed by atoms with van der Waals surface area (Å²) in [4.78, 5) is 18.7. The predicted molar refractivity (Wildman–Crippen MR) is 131 cm³/mol. The summed E-state index contributed by atoms with van der Waals surface area (Å²) < 4.78 is 37.0. The number of fused-ring (bicyclic) bond motifs is 1. The highest BCUT2D eigenvalue weighted by Crippen LogP contribution is 2.32. The van der Waals surface area contributed by atoms with Crippen LogP contribution in [0.4, 0.5) is 13.2 Å². The van der Waals surface area contributed by atoms with Crippen LogP contribution in [0.5, 0.6) is 5.75 Å². The van der Waals surface area contributed by atoms with Gasteiger partial charge in [0.2, 0.25) is 0 Å². The van der Waals surface area contributed by atoms with E-state index in [1.54, 1.807) is 7.11 Å². The number of methoxy groups -OCH3 is 1. The molecule has 1 atom stereocenters. The SMILES string of the molecule is COc1ccc(C2CN(C)Cc3cc(C#CCCN4CCCCC4)cnc32)cc1.O=C(O)C(F)(F)F. The average Bonchev–Trinajstić information content (AvgIpc) is 2.86. The summed E-state index contributed by atoms with van der Waals surface area (Å²) in [5.74, 6) is 5.13. The van der Waals surface area contributed by atoms with Gasteiger partial charge in [-0.1, -0.05) is 30.4 Å². The molecule has 2 aromatic rings. The number of piperidine rings is 1. The maximum atomic E-state index is 10.6. The molecule has 0 spiro atoms. The number of rotatable bonds is 4.